The van der Waals surface area contributed by atoms with Gasteiger partial charge in [-0.1, -0.05) is 24.3 Å². The van der Waals surface area contributed by atoms with Crippen LogP contribution in [0.5, 0.6) is 0 Å². The topological polar surface area (TPSA) is 52.1 Å². The van der Waals surface area contributed by atoms with Crippen molar-refractivity contribution in [3.05, 3.63) is 35.4 Å². The Kier molecular flexibility index (Phi) is 13.5. The first-order valence-corrected chi connectivity index (χ1v) is 10.7. The second-order valence-electron chi connectivity index (χ2n) is 7.71. The number of hydrogen-bond donors (Lipinski definition) is 2. The molecule has 1 fully saturated rings. The highest BCUT2D eigenvalue weighted by Crippen LogP contribution is 2.13. The molecule has 0 aromatic heterocycles. The number of nitrogens with one attached hydrogen (secondary N) is 2. The van der Waals surface area contributed by atoms with Crippen molar-refractivity contribution < 1.29 is 4.74 Å². The van der Waals surface area contributed by atoms with Crippen LogP contribution >= 0.6 is 24.0 Å². The largest absolute Gasteiger partial charge is 0.379 e. The molecule has 0 atom stereocenters. The molecule has 1 aromatic carbocycles. The zero-order valence-electron chi connectivity index (χ0n) is 18.6. The fourth-order valence-corrected chi connectivity index (χ4v) is 3.16. The van der Waals surface area contributed by atoms with E-state index in [0.29, 0.717) is 12.6 Å². The number of rotatable bonds is 10. The van der Waals surface area contributed by atoms with Gasteiger partial charge in [-0.15, -0.1) is 24.0 Å². The SMILES string of the molecule is CCNC(=NCc1ccccc1CN(C)C(C)C)NCCCN1CCOCC1.I. The van der Waals surface area contributed by atoms with Crippen LogP contribution in [0.4, 0.5) is 0 Å². The molecule has 0 bridgehead atoms. The molecule has 0 aliphatic carbocycles. The Balaban J connectivity index is 0.00000420. The Bertz CT molecular complexity index is 590. The van der Waals surface area contributed by atoms with E-state index >= 15 is 0 Å². The molecule has 1 aromatic rings. The van der Waals surface area contributed by atoms with Crippen LogP contribution < -0.4 is 10.6 Å². The van der Waals surface area contributed by atoms with Crippen LogP contribution in [-0.2, 0) is 17.8 Å². The zero-order chi connectivity index (χ0) is 20.2. The van der Waals surface area contributed by atoms with Gasteiger partial charge < -0.3 is 15.4 Å². The van der Waals surface area contributed by atoms with Gasteiger partial charge >= 0.3 is 0 Å². The molecular formula is C22H40IN5O. The summed E-state index contributed by atoms with van der Waals surface area (Å²) in [4.78, 5) is 9.65. The molecule has 1 saturated heterocycles. The quantitative estimate of drug-likeness (QED) is 0.217. The standard InChI is InChI=1S/C22H39N5O.HI/c1-5-23-22(24-11-8-12-27-13-15-28-16-14-27)25-17-20-9-6-7-10-21(20)18-26(4)19(2)3;/h6-7,9-10,19H,5,8,11-18H2,1-4H3,(H2,23,24,25);1H. The third-order valence-electron chi connectivity index (χ3n) is 5.22. The minimum absolute atomic E-state index is 0. The molecule has 0 saturated carbocycles. The molecule has 0 spiro atoms. The molecule has 1 aliphatic heterocycles. The molecule has 0 amide bonds. The summed E-state index contributed by atoms with van der Waals surface area (Å²) in [6.45, 7) is 14.9. The minimum Gasteiger partial charge on any atom is -0.379 e. The predicted octanol–water partition coefficient (Wildman–Crippen LogP) is 2.92. The first kappa shape index (κ1) is 26.1. The lowest BCUT2D eigenvalue weighted by atomic mass is 10.1. The Morgan fingerprint density at radius 3 is 2.52 bits per heavy atom. The minimum atomic E-state index is 0. The third kappa shape index (κ3) is 10.1. The smallest absolute Gasteiger partial charge is 0.191 e. The number of morpholine rings is 1. The molecule has 1 aliphatic rings. The lowest BCUT2D eigenvalue weighted by molar-refractivity contribution is 0.0376. The van der Waals surface area contributed by atoms with Gasteiger partial charge in [0.05, 0.1) is 19.8 Å². The highest BCUT2D eigenvalue weighted by molar-refractivity contribution is 14.0. The van der Waals surface area contributed by atoms with Crippen molar-refractivity contribution in [3.8, 4) is 0 Å². The van der Waals surface area contributed by atoms with E-state index in [9.17, 15) is 0 Å². The van der Waals surface area contributed by atoms with Gasteiger partial charge in [0, 0.05) is 38.8 Å². The maximum absolute atomic E-state index is 5.41. The Labute approximate surface area is 194 Å². The number of guanidine groups is 1. The van der Waals surface area contributed by atoms with Crippen LogP contribution in [0, 0.1) is 0 Å². The van der Waals surface area contributed by atoms with Gasteiger partial charge in [0.15, 0.2) is 5.96 Å². The summed E-state index contributed by atoms with van der Waals surface area (Å²) in [5.74, 6) is 0.900. The first-order valence-electron chi connectivity index (χ1n) is 10.7. The average molecular weight is 518 g/mol. The number of ether oxygens (including phenoxy) is 1. The number of nitrogens with zero attached hydrogens (tertiary/aromatic N) is 3. The number of hydrogen-bond acceptors (Lipinski definition) is 4. The summed E-state index contributed by atoms with van der Waals surface area (Å²) < 4.78 is 5.41. The van der Waals surface area contributed by atoms with E-state index in [-0.39, 0.29) is 24.0 Å². The van der Waals surface area contributed by atoms with Gasteiger partial charge in [0.25, 0.3) is 0 Å². The fourth-order valence-electron chi connectivity index (χ4n) is 3.16. The summed E-state index contributed by atoms with van der Waals surface area (Å²) in [7, 11) is 2.17. The second kappa shape index (κ2) is 15.0. The molecule has 0 radical (unpaired) electrons. The Morgan fingerprint density at radius 2 is 1.86 bits per heavy atom. The van der Waals surface area contributed by atoms with Crippen LogP contribution in [-0.4, -0.2) is 74.8 Å². The van der Waals surface area contributed by atoms with E-state index in [1.165, 1.54) is 11.1 Å². The van der Waals surface area contributed by atoms with E-state index in [1.807, 2.05) is 0 Å². The zero-order valence-corrected chi connectivity index (χ0v) is 20.9. The summed E-state index contributed by atoms with van der Waals surface area (Å²) in [5, 5.41) is 6.84. The first-order chi connectivity index (χ1) is 13.6. The molecular weight excluding hydrogens is 477 g/mol. The summed E-state index contributed by atoms with van der Waals surface area (Å²) >= 11 is 0. The molecule has 7 heteroatoms. The van der Waals surface area contributed by atoms with E-state index in [0.717, 1.165) is 64.9 Å². The molecule has 1 heterocycles. The monoisotopic (exact) mass is 517 g/mol. The number of aliphatic imine (C=N–C) groups is 1. The van der Waals surface area contributed by atoms with Crippen molar-refractivity contribution in [1.82, 2.24) is 20.4 Å². The van der Waals surface area contributed by atoms with Gasteiger partial charge in [-0.3, -0.25) is 9.80 Å². The number of benzene rings is 1. The molecule has 166 valence electrons. The summed E-state index contributed by atoms with van der Waals surface area (Å²) in [5.41, 5.74) is 2.64. The number of halogens is 1. The molecule has 2 rings (SSSR count). The summed E-state index contributed by atoms with van der Waals surface area (Å²) in [6.07, 6.45) is 1.11. The van der Waals surface area contributed by atoms with Crippen molar-refractivity contribution in [1.29, 1.82) is 0 Å². The average Bonchev–Trinajstić information content (AvgIpc) is 2.71. The van der Waals surface area contributed by atoms with Crippen LogP contribution in [0.25, 0.3) is 0 Å². The third-order valence-corrected chi connectivity index (χ3v) is 5.22. The van der Waals surface area contributed by atoms with Crippen molar-refractivity contribution in [3.63, 3.8) is 0 Å². The molecule has 2 N–H and O–H groups in total. The fraction of sp³-hybridized carbons (Fsp3) is 0.682. The van der Waals surface area contributed by atoms with Gasteiger partial charge in [0.1, 0.15) is 0 Å². The van der Waals surface area contributed by atoms with E-state index < -0.39 is 0 Å². The molecule has 0 unspecified atom stereocenters. The van der Waals surface area contributed by atoms with Gasteiger partial charge in [0.2, 0.25) is 0 Å². The lowest BCUT2D eigenvalue weighted by Crippen LogP contribution is -2.40. The predicted molar refractivity (Wildman–Crippen MR) is 133 cm³/mol. The normalized spacial score (nSPS) is 15.4. The Hall–Kier alpha value is -0.900. The van der Waals surface area contributed by atoms with Gasteiger partial charge in [-0.05, 0) is 51.9 Å². The second-order valence-corrected chi connectivity index (χ2v) is 7.71. The van der Waals surface area contributed by atoms with Crippen LogP contribution in [0.2, 0.25) is 0 Å². The maximum Gasteiger partial charge on any atom is 0.191 e. The van der Waals surface area contributed by atoms with Gasteiger partial charge in [-0.2, -0.15) is 0 Å². The maximum atomic E-state index is 5.41. The molecule has 6 nitrogen and oxygen atoms in total. The molecule has 29 heavy (non-hydrogen) atoms. The summed E-state index contributed by atoms with van der Waals surface area (Å²) in [6, 6.07) is 9.15. The van der Waals surface area contributed by atoms with Crippen LogP contribution in [0.15, 0.2) is 29.3 Å². The highest BCUT2D eigenvalue weighted by atomic mass is 127. The van der Waals surface area contributed by atoms with Crippen LogP contribution in [0.1, 0.15) is 38.3 Å². The van der Waals surface area contributed by atoms with Crippen molar-refractivity contribution >= 4 is 29.9 Å². The van der Waals surface area contributed by atoms with Crippen LogP contribution in [0.3, 0.4) is 0 Å². The Morgan fingerprint density at radius 1 is 1.17 bits per heavy atom. The van der Waals surface area contributed by atoms with Gasteiger partial charge in [-0.25, -0.2) is 4.99 Å². The highest BCUT2D eigenvalue weighted by Gasteiger charge is 2.10. The lowest BCUT2D eigenvalue weighted by Gasteiger charge is -2.26. The van der Waals surface area contributed by atoms with E-state index in [1.54, 1.807) is 0 Å². The van der Waals surface area contributed by atoms with E-state index in [4.69, 9.17) is 9.73 Å². The van der Waals surface area contributed by atoms with Crippen molar-refractivity contribution in [2.45, 2.75) is 46.3 Å². The van der Waals surface area contributed by atoms with E-state index in [2.05, 4.69) is 72.5 Å². The van der Waals surface area contributed by atoms with Crippen molar-refractivity contribution in [2.75, 3.05) is 53.0 Å². The van der Waals surface area contributed by atoms with Crippen molar-refractivity contribution in [2.24, 2.45) is 4.99 Å².